The summed E-state index contributed by atoms with van der Waals surface area (Å²) in [5.74, 6) is 0. The summed E-state index contributed by atoms with van der Waals surface area (Å²) in [6.45, 7) is 2.72. The van der Waals surface area contributed by atoms with Crippen LogP contribution in [-0.2, 0) is 13.0 Å². The molecule has 1 aromatic heterocycles. The quantitative estimate of drug-likeness (QED) is 0.658. The van der Waals surface area contributed by atoms with Gasteiger partial charge < -0.3 is 5.32 Å². The normalized spacial score (nSPS) is 10.3. The molecule has 0 radical (unpaired) electrons. The predicted octanol–water partition coefficient (Wildman–Crippen LogP) is 3.83. The Kier molecular flexibility index (Phi) is 3.94. The summed E-state index contributed by atoms with van der Waals surface area (Å²) in [4.78, 5) is 10.2. The van der Waals surface area contributed by atoms with Gasteiger partial charge in [-0.15, -0.1) is 0 Å². The number of hydrogen-bond donors (Lipinski definition) is 1. The standard InChI is InChI=1S/C13H14N2O2S/c1-2-10-4-3-5-12(6-10)14-8-11-7-13(15(16)17)18-9-11/h3-7,9,14H,2,8H2,1H3. The maximum Gasteiger partial charge on any atom is 0.324 e. The molecule has 94 valence electrons. The van der Waals surface area contributed by atoms with Crippen LogP contribution in [0.2, 0.25) is 0 Å². The van der Waals surface area contributed by atoms with Gasteiger partial charge >= 0.3 is 5.00 Å². The minimum Gasteiger partial charge on any atom is -0.381 e. The van der Waals surface area contributed by atoms with E-state index in [1.807, 2.05) is 17.5 Å². The van der Waals surface area contributed by atoms with E-state index in [2.05, 4.69) is 24.4 Å². The second-order valence-corrected chi connectivity index (χ2v) is 4.85. The van der Waals surface area contributed by atoms with Gasteiger partial charge in [-0.25, -0.2) is 0 Å². The third-order valence-electron chi connectivity index (χ3n) is 2.65. The summed E-state index contributed by atoms with van der Waals surface area (Å²) in [5.41, 5.74) is 3.26. The number of thiophene rings is 1. The van der Waals surface area contributed by atoms with Crippen molar-refractivity contribution in [3.63, 3.8) is 0 Å². The van der Waals surface area contributed by atoms with Gasteiger partial charge in [0.25, 0.3) is 0 Å². The number of hydrogen-bond acceptors (Lipinski definition) is 4. The molecule has 5 heteroatoms. The van der Waals surface area contributed by atoms with Gasteiger partial charge in [-0.2, -0.15) is 0 Å². The van der Waals surface area contributed by atoms with Crippen molar-refractivity contribution >= 4 is 22.0 Å². The summed E-state index contributed by atoms with van der Waals surface area (Å²) >= 11 is 1.16. The monoisotopic (exact) mass is 262 g/mol. The highest BCUT2D eigenvalue weighted by atomic mass is 32.1. The molecular formula is C13H14N2O2S. The first-order valence-electron chi connectivity index (χ1n) is 5.73. The minimum atomic E-state index is -0.355. The number of nitrogens with zero attached hydrogens (tertiary/aromatic N) is 1. The second kappa shape index (κ2) is 5.64. The molecule has 0 spiro atoms. The van der Waals surface area contributed by atoms with E-state index in [4.69, 9.17) is 0 Å². The number of anilines is 1. The van der Waals surface area contributed by atoms with Crippen molar-refractivity contribution in [2.75, 3.05) is 5.32 Å². The van der Waals surface area contributed by atoms with Gasteiger partial charge in [0.05, 0.1) is 4.92 Å². The summed E-state index contributed by atoms with van der Waals surface area (Å²) in [7, 11) is 0. The highest BCUT2D eigenvalue weighted by molar-refractivity contribution is 7.13. The minimum absolute atomic E-state index is 0.189. The third kappa shape index (κ3) is 3.07. The van der Waals surface area contributed by atoms with Crippen LogP contribution in [-0.4, -0.2) is 4.92 Å². The lowest BCUT2D eigenvalue weighted by molar-refractivity contribution is -0.380. The molecule has 1 heterocycles. The van der Waals surface area contributed by atoms with Crippen molar-refractivity contribution in [2.24, 2.45) is 0 Å². The topological polar surface area (TPSA) is 55.2 Å². The predicted molar refractivity (Wildman–Crippen MR) is 74.1 cm³/mol. The van der Waals surface area contributed by atoms with Crippen molar-refractivity contribution in [3.8, 4) is 0 Å². The van der Waals surface area contributed by atoms with Gasteiger partial charge in [-0.1, -0.05) is 30.4 Å². The lowest BCUT2D eigenvalue weighted by Gasteiger charge is -2.06. The van der Waals surface area contributed by atoms with Crippen LogP contribution in [0.1, 0.15) is 18.1 Å². The molecule has 2 rings (SSSR count). The lowest BCUT2D eigenvalue weighted by Crippen LogP contribution is -1.98. The highest BCUT2D eigenvalue weighted by Gasteiger charge is 2.09. The number of benzene rings is 1. The number of nitro groups is 1. The van der Waals surface area contributed by atoms with Crippen molar-refractivity contribution in [1.29, 1.82) is 0 Å². The Morgan fingerprint density at radius 3 is 2.83 bits per heavy atom. The molecule has 0 aliphatic rings. The first kappa shape index (κ1) is 12.6. The molecule has 0 saturated heterocycles. The van der Waals surface area contributed by atoms with Crippen LogP contribution in [0.15, 0.2) is 35.7 Å². The largest absolute Gasteiger partial charge is 0.381 e. The first-order chi connectivity index (χ1) is 8.69. The number of nitrogens with one attached hydrogen (secondary N) is 1. The fraction of sp³-hybridized carbons (Fsp3) is 0.231. The van der Waals surface area contributed by atoms with Crippen LogP contribution >= 0.6 is 11.3 Å². The second-order valence-electron chi connectivity index (χ2n) is 3.96. The van der Waals surface area contributed by atoms with Gasteiger partial charge in [0.15, 0.2) is 0 Å². The molecular weight excluding hydrogens is 248 g/mol. The Morgan fingerprint density at radius 1 is 1.33 bits per heavy atom. The Labute approximate surface area is 109 Å². The number of aryl methyl sites for hydroxylation is 1. The smallest absolute Gasteiger partial charge is 0.324 e. The zero-order valence-electron chi connectivity index (χ0n) is 10.1. The molecule has 0 bridgehead atoms. The molecule has 0 amide bonds. The van der Waals surface area contributed by atoms with Crippen molar-refractivity contribution < 1.29 is 4.92 Å². The van der Waals surface area contributed by atoms with Crippen LogP contribution in [0.5, 0.6) is 0 Å². The van der Waals surface area contributed by atoms with Gasteiger partial charge in [-0.3, -0.25) is 10.1 Å². The van der Waals surface area contributed by atoms with E-state index in [1.165, 1.54) is 5.56 Å². The van der Waals surface area contributed by atoms with E-state index in [1.54, 1.807) is 6.07 Å². The molecule has 0 saturated carbocycles. The van der Waals surface area contributed by atoms with Crippen LogP contribution in [0.4, 0.5) is 10.7 Å². The molecule has 0 fully saturated rings. The van der Waals surface area contributed by atoms with Gasteiger partial charge in [0, 0.05) is 23.7 Å². The fourth-order valence-corrected chi connectivity index (χ4v) is 2.39. The molecule has 0 atom stereocenters. The molecule has 1 N–H and O–H groups in total. The third-order valence-corrected chi connectivity index (χ3v) is 3.58. The van der Waals surface area contributed by atoms with E-state index in [0.717, 1.165) is 29.0 Å². The number of rotatable bonds is 5. The van der Waals surface area contributed by atoms with E-state index in [0.29, 0.717) is 6.54 Å². The molecule has 0 aliphatic carbocycles. The van der Waals surface area contributed by atoms with Crippen LogP contribution in [0.3, 0.4) is 0 Å². The molecule has 0 aliphatic heterocycles. The lowest BCUT2D eigenvalue weighted by atomic mass is 10.1. The SMILES string of the molecule is CCc1cccc(NCc2csc([N+](=O)[O-])c2)c1. The van der Waals surface area contributed by atoms with E-state index >= 15 is 0 Å². The first-order valence-corrected chi connectivity index (χ1v) is 6.61. The van der Waals surface area contributed by atoms with Gasteiger partial charge in [0.1, 0.15) is 0 Å². The average Bonchev–Trinajstić information content (AvgIpc) is 2.85. The fourth-order valence-electron chi connectivity index (χ4n) is 1.66. The maximum absolute atomic E-state index is 10.6. The van der Waals surface area contributed by atoms with Crippen molar-refractivity contribution in [1.82, 2.24) is 0 Å². The summed E-state index contributed by atoms with van der Waals surface area (Å²) in [6, 6.07) is 9.81. The molecule has 1 aromatic carbocycles. The summed E-state index contributed by atoms with van der Waals surface area (Å²) in [6.07, 6.45) is 0.999. The van der Waals surface area contributed by atoms with Crippen molar-refractivity contribution in [2.45, 2.75) is 19.9 Å². The van der Waals surface area contributed by atoms with E-state index in [-0.39, 0.29) is 9.92 Å². The highest BCUT2D eigenvalue weighted by Crippen LogP contribution is 2.23. The van der Waals surface area contributed by atoms with Gasteiger partial charge in [-0.05, 0) is 29.7 Å². The molecule has 0 unspecified atom stereocenters. The van der Waals surface area contributed by atoms with Crippen LogP contribution < -0.4 is 5.32 Å². The van der Waals surface area contributed by atoms with E-state index in [9.17, 15) is 10.1 Å². The Hall–Kier alpha value is -1.88. The van der Waals surface area contributed by atoms with Gasteiger partial charge in [0.2, 0.25) is 0 Å². The summed E-state index contributed by atoms with van der Waals surface area (Å²) in [5, 5.41) is 15.8. The van der Waals surface area contributed by atoms with Crippen LogP contribution in [0.25, 0.3) is 0 Å². The van der Waals surface area contributed by atoms with Crippen LogP contribution in [0, 0.1) is 10.1 Å². The zero-order valence-corrected chi connectivity index (χ0v) is 10.9. The Morgan fingerprint density at radius 2 is 2.17 bits per heavy atom. The van der Waals surface area contributed by atoms with E-state index < -0.39 is 0 Å². The maximum atomic E-state index is 10.6. The molecule has 2 aromatic rings. The van der Waals surface area contributed by atoms with Crippen molar-refractivity contribution in [3.05, 3.63) is 57.0 Å². The summed E-state index contributed by atoms with van der Waals surface area (Å²) < 4.78 is 0. The molecule has 4 nitrogen and oxygen atoms in total. The zero-order chi connectivity index (χ0) is 13.0. The Bertz CT molecular complexity index is 551. The Balaban J connectivity index is 1.99. The molecule has 18 heavy (non-hydrogen) atoms. The average molecular weight is 262 g/mol.